The highest BCUT2D eigenvalue weighted by atomic mass is 32.2. The first-order valence-corrected chi connectivity index (χ1v) is 9.72. The Morgan fingerprint density at radius 2 is 1.78 bits per heavy atom. The van der Waals surface area contributed by atoms with Crippen LogP contribution in [0.3, 0.4) is 0 Å². The normalized spacial score (nSPS) is 12.2. The Balaban J connectivity index is 2.05. The first-order chi connectivity index (χ1) is 12.9. The number of amides is 1. The van der Waals surface area contributed by atoms with E-state index in [9.17, 15) is 13.2 Å². The average molecular weight is 387 g/mol. The van der Waals surface area contributed by atoms with Crippen molar-refractivity contribution in [2.24, 2.45) is 0 Å². The van der Waals surface area contributed by atoms with E-state index < -0.39 is 10.0 Å². The van der Waals surface area contributed by atoms with Crippen molar-refractivity contribution in [2.75, 3.05) is 19.0 Å². The molecule has 2 aromatic rings. The molecule has 0 aliphatic rings. The molecule has 0 fully saturated rings. The number of benzene rings is 2. The third-order valence-corrected chi connectivity index (χ3v) is 5.30. The third kappa shape index (κ3) is 5.89. The summed E-state index contributed by atoms with van der Waals surface area (Å²) in [5, 5.41) is 11.4. The van der Waals surface area contributed by atoms with Gasteiger partial charge in [0.2, 0.25) is 10.0 Å². The highest BCUT2D eigenvalue weighted by Gasteiger charge is 2.18. The molecule has 7 nitrogen and oxygen atoms in total. The molecule has 1 amide bonds. The maximum absolute atomic E-state index is 12.3. The second-order valence-corrected chi connectivity index (χ2v) is 7.70. The van der Waals surface area contributed by atoms with Gasteiger partial charge in [-0.05, 0) is 48.9 Å². The fourth-order valence-electron chi connectivity index (χ4n) is 2.40. The number of carbonyl (C=O) groups is 1. The smallest absolute Gasteiger partial charge is 0.255 e. The van der Waals surface area contributed by atoms with E-state index in [0.717, 1.165) is 5.56 Å². The number of sulfonamides is 1. The number of anilines is 1. The molecule has 0 saturated heterocycles. The minimum absolute atomic E-state index is 0.0721. The largest absolute Gasteiger partial charge is 0.383 e. The summed E-state index contributed by atoms with van der Waals surface area (Å²) in [7, 11) is -2.19. The zero-order valence-corrected chi connectivity index (χ0v) is 15.9. The Kier molecular flexibility index (Phi) is 7.07. The van der Waals surface area contributed by atoms with Gasteiger partial charge < -0.3 is 10.1 Å². The van der Waals surface area contributed by atoms with Crippen LogP contribution in [0.5, 0.6) is 0 Å². The number of nitrogens with zero attached hydrogens (tertiary/aromatic N) is 1. The van der Waals surface area contributed by atoms with E-state index in [4.69, 9.17) is 10.00 Å². The van der Waals surface area contributed by atoms with Gasteiger partial charge >= 0.3 is 0 Å². The highest BCUT2D eigenvalue weighted by molar-refractivity contribution is 7.89. The minimum atomic E-state index is -3.68. The lowest BCUT2D eigenvalue weighted by Gasteiger charge is -2.13. The van der Waals surface area contributed by atoms with Gasteiger partial charge in [-0.1, -0.05) is 12.1 Å². The van der Waals surface area contributed by atoms with Gasteiger partial charge in [-0.25, -0.2) is 13.1 Å². The Morgan fingerprint density at radius 3 is 2.33 bits per heavy atom. The number of carbonyl (C=O) groups excluding carboxylic acids is 1. The van der Waals surface area contributed by atoms with Crippen molar-refractivity contribution in [3.8, 4) is 6.07 Å². The van der Waals surface area contributed by atoms with Gasteiger partial charge in [0.15, 0.2) is 0 Å². The molecule has 0 aromatic heterocycles. The van der Waals surface area contributed by atoms with Crippen LogP contribution in [0.15, 0.2) is 53.4 Å². The molecule has 27 heavy (non-hydrogen) atoms. The lowest BCUT2D eigenvalue weighted by Crippen LogP contribution is -2.35. The number of hydrogen-bond acceptors (Lipinski definition) is 5. The van der Waals surface area contributed by atoms with Crippen LogP contribution in [0.1, 0.15) is 22.8 Å². The van der Waals surface area contributed by atoms with E-state index in [1.54, 1.807) is 31.2 Å². The van der Waals surface area contributed by atoms with Crippen molar-refractivity contribution in [1.82, 2.24) is 4.72 Å². The Hall–Kier alpha value is -2.73. The quantitative estimate of drug-likeness (QED) is 0.723. The van der Waals surface area contributed by atoms with Crippen LogP contribution in [0.25, 0.3) is 0 Å². The van der Waals surface area contributed by atoms with Crippen LogP contribution in [0, 0.1) is 11.3 Å². The predicted octanol–water partition coefficient (Wildman–Crippen LogP) is 2.32. The molecular formula is C19H21N3O4S. The molecule has 2 N–H and O–H groups in total. The van der Waals surface area contributed by atoms with Gasteiger partial charge in [0.1, 0.15) is 0 Å². The number of nitrogens with one attached hydrogen (secondary N) is 2. The standard InChI is InChI=1S/C19H21N3O4S/c1-14(13-26-2)22-27(24,25)18-9-5-16(6-10-18)19(23)21-17-7-3-15(4-8-17)11-12-20/h3-10,14,22H,11,13H2,1-2H3,(H,21,23)/t14-/m1/s1. The van der Waals surface area contributed by atoms with E-state index in [0.29, 0.717) is 17.7 Å². The summed E-state index contributed by atoms with van der Waals surface area (Å²) < 4.78 is 32.0. The van der Waals surface area contributed by atoms with Gasteiger partial charge in [0.25, 0.3) is 5.91 Å². The Morgan fingerprint density at radius 1 is 1.15 bits per heavy atom. The second-order valence-electron chi connectivity index (χ2n) is 5.99. The zero-order chi connectivity index (χ0) is 19.9. The first kappa shape index (κ1) is 20.6. The molecule has 0 aliphatic heterocycles. The van der Waals surface area contributed by atoms with Crippen molar-refractivity contribution >= 4 is 21.6 Å². The number of hydrogen-bond donors (Lipinski definition) is 2. The van der Waals surface area contributed by atoms with Gasteiger partial charge in [0.05, 0.1) is 24.0 Å². The van der Waals surface area contributed by atoms with Crippen LogP contribution in [-0.4, -0.2) is 34.1 Å². The van der Waals surface area contributed by atoms with Gasteiger partial charge in [-0.15, -0.1) is 0 Å². The van der Waals surface area contributed by atoms with Crippen molar-refractivity contribution in [3.05, 3.63) is 59.7 Å². The molecule has 0 unspecified atom stereocenters. The fourth-order valence-corrected chi connectivity index (χ4v) is 3.63. The Bertz CT molecular complexity index is 917. The summed E-state index contributed by atoms with van der Waals surface area (Å²) in [4.78, 5) is 12.4. The molecular weight excluding hydrogens is 366 g/mol. The maximum atomic E-state index is 12.3. The van der Waals surface area contributed by atoms with Crippen molar-refractivity contribution in [3.63, 3.8) is 0 Å². The molecule has 2 rings (SSSR count). The minimum Gasteiger partial charge on any atom is -0.383 e. The summed E-state index contributed by atoms with van der Waals surface area (Å²) >= 11 is 0. The van der Waals surface area contributed by atoms with E-state index in [2.05, 4.69) is 16.1 Å². The fraction of sp³-hybridized carbons (Fsp3) is 0.263. The second kappa shape index (κ2) is 9.28. The van der Waals surface area contributed by atoms with Crippen LogP contribution in [-0.2, 0) is 21.2 Å². The van der Waals surface area contributed by atoms with Crippen LogP contribution in [0.2, 0.25) is 0 Å². The lowest BCUT2D eigenvalue weighted by molar-refractivity contribution is 0.102. The summed E-state index contributed by atoms with van der Waals surface area (Å²) in [6.07, 6.45) is 0.307. The predicted molar refractivity (Wildman–Crippen MR) is 102 cm³/mol. The summed E-state index contributed by atoms with van der Waals surface area (Å²) in [6.45, 7) is 1.96. The molecule has 8 heteroatoms. The number of methoxy groups -OCH3 is 1. The third-order valence-electron chi connectivity index (χ3n) is 3.69. The van der Waals surface area contributed by atoms with Crippen LogP contribution < -0.4 is 10.0 Å². The molecule has 0 spiro atoms. The molecule has 1 atom stereocenters. The summed E-state index contributed by atoms with van der Waals surface area (Å²) in [5.41, 5.74) is 1.79. The van der Waals surface area contributed by atoms with Gasteiger partial charge in [0, 0.05) is 24.4 Å². The number of ether oxygens (including phenoxy) is 1. The van der Waals surface area contributed by atoms with Crippen molar-refractivity contribution in [1.29, 1.82) is 5.26 Å². The lowest BCUT2D eigenvalue weighted by atomic mass is 10.1. The SMILES string of the molecule is COC[C@@H](C)NS(=O)(=O)c1ccc(C(=O)Nc2ccc(CC#N)cc2)cc1. The van der Waals surface area contributed by atoms with E-state index >= 15 is 0 Å². The number of nitriles is 1. The molecule has 142 valence electrons. The van der Waals surface area contributed by atoms with Gasteiger partial charge in [-0.3, -0.25) is 4.79 Å². The van der Waals surface area contributed by atoms with Crippen molar-refractivity contribution in [2.45, 2.75) is 24.3 Å². The Labute approximate surface area is 159 Å². The maximum Gasteiger partial charge on any atom is 0.255 e. The molecule has 2 aromatic carbocycles. The van der Waals surface area contributed by atoms with E-state index in [-0.39, 0.29) is 23.5 Å². The molecule has 0 radical (unpaired) electrons. The molecule has 0 aliphatic carbocycles. The molecule has 0 bridgehead atoms. The average Bonchev–Trinajstić information content (AvgIpc) is 2.63. The number of rotatable bonds is 8. The topological polar surface area (TPSA) is 108 Å². The van der Waals surface area contributed by atoms with Crippen LogP contribution >= 0.6 is 0 Å². The molecule has 0 heterocycles. The first-order valence-electron chi connectivity index (χ1n) is 8.24. The van der Waals surface area contributed by atoms with Crippen LogP contribution in [0.4, 0.5) is 5.69 Å². The zero-order valence-electron chi connectivity index (χ0n) is 15.1. The highest BCUT2D eigenvalue weighted by Crippen LogP contribution is 2.14. The molecule has 0 saturated carbocycles. The summed E-state index contributed by atoms with van der Waals surface area (Å²) in [5.74, 6) is -0.354. The van der Waals surface area contributed by atoms with Crippen molar-refractivity contribution < 1.29 is 17.9 Å². The monoisotopic (exact) mass is 387 g/mol. The summed E-state index contributed by atoms with van der Waals surface area (Å²) in [6, 6.07) is 14.3. The van der Waals surface area contributed by atoms with E-state index in [1.807, 2.05) is 0 Å². The van der Waals surface area contributed by atoms with E-state index in [1.165, 1.54) is 31.4 Å². The van der Waals surface area contributed by atoms with Gasteiger partial charge in [-0.2, -0.15) is 5.26 Å².